The molecule has 5 heteroatoms. The van der Waals surface area contributed by atoms with E-state index in [9.17, 15) is 0 Å². The molecule has 0 bridgehead atoms. The third-order valence-corrected chi connectivity index (χ3v) is 4.37. The van der Waals surface area contributed by atoms with Gasteiger partial charge in [0.15, 0.2) is 5.84 Å². The zero-order chi connectivity index (χ0) is 15.9. The first kappa shape index (κ1) is 17.3. The molecule has 0 aliphatic heterocycles. The summed E-state index contributed by atoms with van der Waals surface area (Å²) < 4.78 is 5.40. The molecule has 0 spiro atoms. The van der Waals surface area contributed by atoms with Gasteiger partial charge in [-0.05, 0) is 37.5 Å². The molecule has 5 nitrogen and oxygen atoms in total. The number of nitrogens with zero attached hydrogens (tertiary/aromatic N) is 1. The van der Waals surface area contributed by atoms with Crippen molar-refractivity contribution in [3.8, 4) is 5.75 Å². The van der Waals surface area contributed by atoms with Gasteiger partial charge in [-0.2, -0.15) is 0 Å². The molecule has 0 unspecified atom stereocenters. The van der Waals surface area contributed by atoms with E-state index in [1.54, 1.807) is 13.2 Å². The Morgan fingerprint density at radius 3 is 2.38 bits per heavy atom. The second-order valence-electron chi connectivity index (χ2n) is 5.21. The number of hydrogen-bond acceptors (Lipinski definition) is 4. The molecule has 0 saturated heterocycles. The van der Waals surface area contributed by atoms with Gasteiger partial charge in [-0.1, -0.05) is 25.9 Å². The van der Waals surface area contributed by atoms with Crippen molar-refractivity contribution < 1.29 is 9.94 Å². The van der Waals surface area contributed by atoms with Crippen LogP contribution in [0.25, 0.3) is 0 Å². The van der Waals surface area contributed by atoms with E-state index in [4.69, 9.17) is 15.7 Å². The molecule has 0 aromatic heterocycles. The Morgan fingerprint density at radius 2 is 1.90 bits per heavy atom. The molecular weight excluding hydrogens is 266 g/mol. The van der Waals surface area contributed by atoms with E-state index in [2.05, 4.69) is 31.2 Å². The lowest BCUT2D eigenvalue weighted by Gasteiger charge is -2.32. The Balaban J connectivity index is 3.00. The van der Waals surface area contributed by atoms with E-state index in [-0.39, 0.29) is 11.4 Å². The van der Waals surface area contributed by atoms with Gasteiger partial charge in [0, 0.05) is 23.2 Å². The van der Waals surface area contributed by atoms with Crippen molar-refractivity contribution >= 4 is 5.84 Å². The highest BCUT2D eigenvalue weighted by molar-refractivity contribution is 5.97. The van der Waals surface area contributed by atoms with E-state index in [0.717, 1.165) is 30.6 Å². The van der Waals surface area contributed by atoms with Crippen LogP contribution < -0.4 is 15.8 Å². The summed E-state index contributed by atoms with van der Waals surface area (Å²) in [5.41, 5.74) is 7.48. The SMILES string of the molecule is CCC(CC)(CC)NCc1cc(/C(N)=N/O)ccc1OC. The standard InChI is InChI=1S/C16H27N3O2/c1-5-16(6-2,7-3)18-11-13-10-12(15(17)19-20)8-9-14(13)21-4/h8-10,18,20H,5-7,11H2,1-4H3,(H2,17,19). The molecule has 21 heavy (non-hydrogen) atoms. The molecular formula is C16H27N3O2. The lowest BCUT2D eigenvalue weighted by Crippen LogP contribution is -2.43. The Bertz CT molecular complexity index is 474. The second kappa shape index (κ2) is 7.88. The highest BCUT2D eigenvalue weighted by Gasteiger charge is 2.23. The third-order valence-electron chi connectivity index (χ3n) is 4.37. The van der Waals surface area contributed by atoms with Crippen LogP contribution in [0.5, 0.6) is 5.75 Å². The van der Waals surface area contributed by atoms with Crippen LogP contribution in [0.15, 0.2) is 23.4 Å². The second-order valence-corrected chi connectivity index (χ2v) is 5.21. The minimum Gasteiger partial charge on any atom is -0.496 e. The molecule has 0 atom stereocenters. The first-order valence-electron chi connectivity index (χ1n) is 7.45. The number of oxime groups is 1. The van der Waals surface area contributed by atoms with Gasteiger partial charge in [-0.25, -0.2) is 0 Å². The predicted molar refractivity (Wildman–Crippen MR) is 85.9 cm³/mol. The fourth-order valence-corrected chi connectivity index (χ4v) is 2.54. The molecule has 0 aliphatic rings. The average molecular weight is 293 g/mol. The maximum absolute atomic E-state index is 8.80. The first-order valence-corrected chi connectivity index (χ1v) is 7.45. The number of ether oxygens (including phenoxy) is 1. The smallest absolute Gasteiger partial charge is 0.170 e. The summed E-state index contributed by atoms with van der Waals surface area (Å²) >= 11 is 0. The average Bonchev–Trinajstić information content (AvgIpc) is 2.55. The normalized spacial score (nSPS) is 12.5. The van der Waals surface area contributed by atoms with Crippen LogP contribution in [0.3, 0.4) is 0 Å². The van der Waals surface area contributed by atoms with Crippen molar-refractivity contribution in [2.45, 2.75) is 52.1 Å². The maximum atomic E-state index is 8.80. The van der Waals surface area contributed by atoms with Crippen LogP contribution in [-0.4, -0.2) is 23.7 Å². The molecule has 1 aromatic carbocycles. The van der Waals surface area contributed by atoms with E-state index in [1.807, 2.05) is 12.1 Å². The number of nitrogens with two attached hydrogens (primary N) is 1. The Hall–Kier alpha value is -1.75. The van der Waals surface area contributed by atoms with Crippen LogP contribution in [0, 0.1) is 0 Å². The summed E-state index contributed by atoms with van der Waals surface area (Å²) in [6, 6.07) is 5.52. The van der Waals surface area contributed by atoms with E-state index < -0.39 is 0 Å². The van der Waals surface area contributed by atoms with Crippen molar-refractivity contribution in [3.63, 3.8) is 0 Å². The monoisotopic (exact) mass is 293 g/mol. The number of nitrogens with one attached hydrogen (secondary N) is 1. The predicted octanol–water partition coefficient (Wildman–Crippen LogP) is 2.85. The van der Waals surface area contributed by atoms with Crippen LogP contribution in [0.4, 0.5) is 0 Å². The fraction of sp³-hybridized carbons (Fsp3) is 0.562. The number of rotatable bonds is 8. The summed E-state index contributed by atoms with van der Waals surface area (Å²) in [5.74, 6) is 0.904. The molecule has 1 aromatic rings. The molecule has 0 fully saturated rings. The number of hydrogen-bond donors (Lipinski definition) is 3. The van der Waals surface area contributed by atoms with Gasteiger partial charge in [0.25, 0.3) is 0 Å². The Kier molecular flexibility index (Phi) is 6.49. The lowest BCUT2D eigenvalue weighted by atomic mass is 9.89. The van der Waals surface area contributed by atoms with Gasteiger partial charge in [-0.3, -0.25) is 0 Å². The molecule has 0 saturated carbocycles. The zero-order valence-corrected chi connectivity index (χ0v) is 13.4. The Labute approximate surface area is 127 Å². The molecule has 0 amide bonds. The van der Waals surface area contributed by atoms with Gasteiger partial charge < -0.3 is 21.0 Å². The van der Waals surface area contributed by atoms with Crippen molar-refractivity contribution in [2.75, 3.05) is 7.11 Å². The molecule has 0 aliphatic carbocycles. The van der Waals surface area contributed by atoms with Gasteiger partial charge in [0.2, 0.25) is 0 Å². The van der Waals surface area contributed by atoms with Crippen LogP contribution in [-0.2, 0) is 6.54 Å². The van der Waals surface area contributed by atoms with E-state index in [1.165, 1.54) is 0 Å². The summed E-state index contributed by atoms with van der Waals surface area (Å²) in [4.78, 5) is 0. The van der Waals surface area contributed by atoms with Crippen LogP contribution in [0.2, 0.25) is 0 Å². The van der Waals surface area contributed by atoms with Crippen molar-refractivity contribution in [2.24, 2.45) is 10.9 Å². The van der Waals surface area contributed by atoms with Crippen LogP contribution >= 0.6 is 0 Å². The van der Waals surface area contributed by atoms with Gasteiger partial charge in [0.1, 0.15) is 5.75 Å². The van der Waals surface area contributed by atoms with Crippen molar-refractivity contribution in [1.29, 1.82) is 0 Å². The molecule has 0 radical (unpaired) electrons. The summed E-state index contributed by atoms with van der Waals surface area (Å²) in [6.07, 6.45) is 3.22. The molecule has 4 N–H and O–H groups in total. The lowest BCUT2D eigenvalue weighted by molar-refractivity contribution is 0.285. The highest BCUT2D eigenvalue weighted by atomic mass is 16.5. The fourth-order valence-electron chi connectivity index (χ4n) is 2.54. The minimum atomic E-state index is 0.103. The van der Waals surface area contributed by atoms with E-state index >= 15 is 0 Å². The van der Waals surface area contributed by atoms with Crippen molar-refractivity contribution in [3.05, 3.63) is 29.3 Å². The quantitative estimate of drug-likeness (QED) is 0.298. The minimum absolute atomic E-state index is 0.103. The maximum Gasteiger partial charge on any atom is 0.170 e. The van der Waals surface area contributed by atoms with Crippen LogP contribution in [0.1, 0.15) is 51.2 Å². The summed E-state index contributed by atoms with van der Waals surface area (Å²) in [5, 5.41) is 15.5. The molecule has 118 valence electrons. The first-order chi connectivity index (χ1) is 10.1. The highest BCUT2D eigenvalue weighted by Crippen LogP contribution is 2.24. The number of methoxy groups -OCH3 is 1. The van der Waals surface area contributed by atoms with E-state index in [0.29, 0.717) is 12.1 Å². The zero-order valence-electron chi connectivity index (χ0n) is 13.4. The number of benzene rings is 1. The largest absolute Gasteiger partial charge is 0.496 e. The van der Waals surface area contributed by atoms with Gasteiger partial charge in [0.05, 0.1) is 7.11 Å². The molecule has 1 rings (SSSR count). The number of amidine groups is 1. The third kappa shape index (κ3) is 4.11. The topological polar surface area (TPSA) is 79.9 Å². The van der Waals surface area contributed by atoms with Crippen molar-refractivity contribution in [1.82, 2.24) is 5.32 Å². The van der Waals surface area contributed by atoms with Gasteiger partial charge in [-0.15, -0.1) is 0 Å². The summed E-state index contributed by atoms with van der Waals surface area (Å²) in [6.45, 7) is 7.28. The summed E-state index contributed by atoms with van der Waals surface area (Å²) in [7, 11) is 1.65. The molecule has 0 heterocycles. The Morgan fingerprint density at radius 1 is 1.29 bits per heavy atom. The van der Waals surface area contributed by atoms with Gasteiger partial charge >= 0.3 is 0 Å².